The Hall–Kier alpha value is -1.09. The van der Waals surface area contributed by atoms with E-state index in [-0.39, 0.29) is 0 Å². The molecule has 0 spiro atoms. The van der Waals surface area contributed by atoms with E-state index in [4.69, 9.17) is 0 Å². The fourth-order valence-corrected chi connectivity index (χ4v) is 2.32. The molecule has 0 unspecified atom stereocenters. The van der Waals surface area contributed by atoms with Crippen LogP contribution in [0.15, 0.2) is 28.2 Å². The molecule has 0 radical (unpaired) electrons. The number of rotatable bonds is 1. The van der Waals surface area contributed by atoms with Crippen molar-refractivity contribution < 1.29 is 0 Å². The zero-order valence-corrected chi connectivity index (χ0v) is 10.8. The Bertz CT molecular complexity index is 461. The molecular formula is C13H16N2S. The highest BCUT2D eigenvalue weighted by Crippen LogP contribution is 2.15. The number of nitrogens with zero attached hydrogens (tertiary/aromatic N) is 2. The van der Waals surface area contributed by atoms with Gasteiger partial charge in [-0.1, -0.05) is 23.9 Å². The van der Waals surface area contributed by atoms with Crippen LogP contribution in [0.25, 0.3) is 0 Å². The lowest BCUT2D eigenvalue weighted by Crippen LogP contribution is -1.99. The quantitative estimate of drug-likeness (QED) is 0.682. The summed E-state index contributed by atoms with van der Waals surface area (Å²) in [6.07, 6.45) is 0. The lowest BCUT2D eigenvalue weighted by molar-refractivity contribution is 1.17. The van der Waals surface area contributed by atoms with Crippen LogP contribution >= 0.6 is 11.8 Å². The molecule has 0 fully saturated rings. The first-order valence-corrected chi connectivity index (χ1v) is 6.45. The van der Waals surface area contributed by atoms with Gasteiger partial charge in [-0.2, -0.15) is 0 Å². The van der Waals surface area contributed by atoms with Crippen LogP contribution in [-0.4, -0.2) is 23.2 Å². The van der Waals surface area contributed by atoms with Crippen molar-refractivity contribution in [2.45, 2.75) is 20.8 Å². The first-order chi connectivity index (χ1) is 7.66. The maximum Gasteiger partial charge on any atom is 0.183 e. The Labute approximate surface area is 101 Å². The van der Waals surface area contributed by atoms with Crippen molar-refractivity contribution in [3.05, 3.63) is 34.9 Å². The Balaban J connectivity index is 2.26. The van der Waals surface area contributed by atoms with Crippen molar-refractivity contribution in [3.8, 4) is 0 Å². The van der Waals surface area contributed by atoms with E-state index in [1.54, 1.807) is 11.8 Å². The number of benzene rings is 1. The Kier molecular flexibility index (Phi) is 3.44. The molecule has 0 saturated heterocycles. The predicted octanol–water partition coefficient (Wildman–Crippen LogP) is 3.22. The summed E-state index contributed by atoms with van der Waals surface area (Å²) in [5.41, 5.74) is 4.88. The van der Waals surface area contributed by atoms with Gasteiger partial charge in [-0.15, -0.1) is 0 Å². The van der Waals surface area contributed by atoms with E-state index < -0.39 is 0 Å². The molecule has 3 heteroatoms. The fourth-order valence-electron chi connectivity index (χ4n) is 1.57. The standard InChI is InChI=1S/C13H16N2S/c1-9-4-5-12(8-10(9)2)11(3)15-13-14-6-7-16-13/h4-5,8H,6-7H2,1-3H3. The molecule has 0 aromatic heterocycles. The molecule has 0 N–H and O–H groups in total. The predicted molar refractivity (Wildman–Crippen MR) is 72.9 cm³/mol. The smallest absolute Gasteiger partial charge is 0.183 e. The van der Waals surface area contributed by atoms with E-state index in [0.29, 0.717) is 0 Å². The van der Waals surface area contributed by atoms with E-state index in [1.165, 1.54) is 16.7 Å². The van der Waals surface area contributed by atoms with Crippen LogP contribution in [0.1, 0.15) is 23.6 Å². The first kappa shape index (κ1) is 11.4. The number of aliphatic imine (C=N–C) groups is 2. The first-order valence-electron chi connectivity index (χ1n) is 5.47. The molecule has 0 bridgehead atoms. The molecule has 2 nitrogen and oxygen atoms in total. The Morgan fingerprint density at radius 2 is 2.12 bits per heavy atom. The van der Waals surface area contributed by atoms with Crippen molar-refractivity contribution in [3.63, 3.8) is 0 Å². The summed E-state index contributed by atoms with van der Waals surface area (Å²) in [6.45, 7) is 7.21. The number of hydrogen-bond acceptors (Lipinski definition) is 3. The maximum absolute atomic E-state index is 4.55. The topological polar surface area (TPSA) is 24.7 Å². The number of thioether (sulfide) groups is 1. The van der Waals surface area contributed by atoms with Crippen molar-refractivity contribution >= 4 is 22.6 Å². The number of amidine groups is 1. The van der Waals surface area contributed by atoms with Crippen molar-refractivity contribution in [1.82, 2.24) is 0 Å². The molecule has 84 valence electrons. The van der Waals surface area contributed by atoms with Gasteiger partial charge in [0.15, 0.2) is 5.17 Å². The molecule has 0 amide bonds. The molecule has 1 aliphatic heterocycles. The maximum atomic E-state index is 4.55. The van der Waals surface area contributed by atoms with E-state index in [2.05, 4.69) is 42.0 Å². The zero-order chi connectivity index (χ0) is 11.5. The molecule has 0 saturated carbocycles. The van der Waals surface area contributed by atoms with Crippen LogP contribution in [0.3, 0.4) is 0 Å². The summed E-state index contributed by atoms with van der Waals surface area (Å²) in [7, 11) is 0. The van der Waals surface area contributed by atoms with Crippen LogP contribution in [-0.2, 0) is 0 Å². The third kappa shape index (κ3) is 2.53. The highest BCUT2D eigenvalue weighted by Gasteiger charge is 2.07. The van der Waals surface area contributed by atoms with E-state index in [0.717, 1.165) is 23.2 Å². The van der Waals surface area contributed by atoms with Gasteiger partial charge in [-0.25, -0.2) is 4.99 Å². The summed E-state index contributed by atoms with van der Waals surface area (Å²) < 4.78 is 0. The van der Waals surface area contributed by atoms with Gasteiger partial charge in [0, 0.05) is 11.5 Å². The van der Waals surface area contributed by atoms with Gasteiger partial charge < -0.3 is 0 Å². The zero-order valence-electron chi connectivity index (χ0n) is 9.95. The van der Waals surface area contributed by atoms with Gasteiger partial charge in [0.25, 0.3) is 0 Å². The molecule has 0 aliphatic carbocycles. The summed E-state index contributed by atoms with van der Waals surface area (Å²) in [5.74, 6) is 1.07. The van der Waals surface area contributed by atoms with Crippen molar-refractivity contribution in [2.24, 2.45) is 9.98 Å². The van der Waals surface area contributed by atoms with E-state index in [1.807, 2.05) is 6.92 Å². The molecular weight excluding hydrogens is 216 g/mol. The number of aryl methyl sites for hydroxylation is 2. The van der Waals surface area contributed by atoms with Gasteiger partial charge in [-0.3, -0.25) is 4.99 Å². The van der Waals surface area contributed by atoms with Gasteiger partial charge in [0.05, 0.1) is 6.54 Å². The average molecular weight is 232 g/mol. The second-order valence-corrected chi connectivity index (χ2v) is 5.07. The summed E-state index contributed by atoms with van der Waals surface area (Å²) >= 11 is 1.74. The lowest BCUT2D eigenvalue weighted by atomic mass is 10.0. The van der Waals surface area contributed by atoms with Crippen LogP contribution in [0.5, 0.6) is 0 Å². The molecule has 1 aliphatic rings. The normalized spacial score (nSPS) is 16.4. The minimum absolute atomic E-state index is 0.906. The van der Waals surface area contributed by atoms with E-state index in [9.17, 15) is 0 Å². The van der Waals surface area contributed by atoms with Gasteiger partial charge in [-0.05, 0) is 43.5 Å². The van der Waals surface area contributed by atoms with E-state index >= 15 is 0 Å². The molecule has 16 heavy (non-hydrogen) atoms. The lowest BCUT2D eigenvalue weighted by Gasteiger charge is -2.04. The third-order valence-electron chi connectivity index (χ3n) is 2.76. The van der Waals surface area contributed by atoms with Crippen molar-refractivity contribution in [2.75, 3.05) is 12.3 Å². The summed E-state index contributed by atoms with van der Waals surface area (Å²) in [4.78, 5) is 8.88. The summed E-state index contributed by atoms with van der Waals surface area (Å²) in [5, 5.41) is 0.927. The second kappa shape index (κ2) is 4.83. The molecule has 1 aromatic rings. The highest BCUT2D eigenvalue weighted by molar-refractivity contribution is 8.14. The second-order valence-electron chi connectivity index (χ2n) is 4.01. The van der Waals surface area contributed by atoms with Gasteiger partial charge in [0.2, 0.25) is 0 Å². The number of hydrogen-bond donors (Lipinski definition) is 0. The largest absolute Gasteiger partial charge is 0.260 e. The molecule has 0 atom stereocenters. The third-order valence-corrected chi connectivity index (χ3v) is 3.62. The fraction of sp³-hybridized carbons (Fsp3) is 0.385. The SMILES string of the molecule is CC(=NC1=NCCS1)c1ccc(C)c(C)c1. The average Bonchev–Trinajstić information content (AvgIpc) is 2.74. The van der Waals surface area contributed by atoms with Gasteiger partial charge in [0.1, 0.15) is 0 Å². The van der Waals surface area contributed by atoms with Crippen LogP contribution < -0.4 is 0 Å². The Morgan fingerprint density at radius 1 is 1.31 bits per heavy atom. The minimum Gasteiger partial charge on any atom is -0.260 e. The minimum atomic E-state index is 0.906. The molecule has 1 aromatic carbocycles. The molecule has 2 rings (SSSR count). The Morgan fingerprint density at radius 3 is 2.75 bits per heavy atom. The van der Waals surface area contributed by atoms with Crippen molar-refractivity contribution in [1.29, 1.82) is 0 Å². The van der Waals surface area contributed by atoms with Crippen LogP contribution in [0.2, 0.25) is 0 Å². The van der Waals surface area contributed by atoms with Crippen LogP contribution in [0.4, 0.5) is 0 Å². The van der Waals surface area contributed by atoms with Gasteiger partial charge >= 0.3 is 0 Å². The van der Waals surface area contributed by atoms with Crippen LogP contribution in [0, 0.1) is 13.8 Å². The summed E-state index contributed by atoms with van der Waals surface area (Å²) in [6, 6.07) is 6.46. The monoisotopic (exact) mass is 232 g/mol. The molecule has 1 heterocycles. The highest BCUT2D eigenvalue weighted by atomic mass is 32.2.